The van der Waals surface area contributed by atoms with E-state index in [1.165, 1.54) is 11.1 Å². The van der Waals surface area contributed by atoms with Gasteiger partial charge in [-0.1, -0.05) is 86.0 Å². The Kier molecular flexibility index (Phi) is 10.4. The molecule has 6 saturated carbocycles. The number of esters is 1. The van der Waals surface area contributed by atoms with Gasteiger partial charge in [0.25, 0.3) is 0 Å². The van der Waals surface area contributed by atoms with E-state index in [9.17, 15) is 24.3 Å². The van der Waals surface area contributed by atoms with Gasteiger partial charge in [-0.3, -0.25) is 19.2 Å². The summed E-state index contributed by atoms with van der Waals surface area (Å²) in [5.74, 6) is -0.665. The van der Waals surface area contributed by atoms with Crippen LogP contribution in [0, 0.1) is 62.6 Å². The summed E-state index contributed by atoms with van der Waals surface area (Å²) in [5, 5.41) is 17.7. The van der Waals surface area contributed by atoms with Gasteiger partial charge in [-0.25, -0.2) is 0 Å². The number of benzene rings is 1. The second-order valence-electron chi connectivity index (χ2n) is 23.8. The minimum atomic E-state index is -0.835. The average molecular weight is 846 g/mol. The van der Waals surface area contributed by atoms with E-state index in [4.69, 9.17) is 16.3 Å². The fourth-order valence-electron chi connectivity index (χ4n) is 15.3. The summed E-state index contributed by atoms with van der Waals surface area (Å²) >= 11 is 6.21. The molecule has 60 heavy (non-hydrogen) atoms. The molecule has 0 aliphatic heterocycles. The van der Waals surface area contributed by atoms with E-state index in [1.807, 2.05) is 39.8 Å². The van der Waals surface area contributed by atoms with Crippen molar-refractivity contribution in [1.29, 1.82) is 0 Å². The second kappa shape index (κ2) is 14.1. The summed E-state index contributed by atoms with van der Waals surface area (Å²) < 4.78 is 6.44. The first-order valence-corrected chi connectivity index (χ1v) is 23.7. The Bertz CT molecular complexity index is 2000. The summed E-state index contributed by atoms with van der Waals surface area (Å²) in [6.07, 6.45) is 10.4. The number of carbonyl (C=O) groups excluding carboxylic acids is 3. The summed E-state index contributed by atoms with van der Waals surface area (Å²) in [5.41, 5.74) is 1.16. The molecule has 0 heterocycles. The predicted molar refractivity (Wildman–Crippen MR) is 235 cm³/mol. The van der Waals surface area contributed by atoms with Crippen molar-refractivity contribution < 1.29 is 29.0 Å². The Morgan fingerprint density at radius 3 is 2.10 bits per heavy atom. The number of allylic oxidation sites excluding steroid dienone is 1. The third kappa shape index (κ3) is 6.34. The third-order valence-corrected chi connectivity index (χ3v) is 19.8. The van der Waals surface area contributed by atoms with Crippen LogP contribution in [-0.2, 0) is 29.3 Å². The molecule has 10 atom stereocenters. The molecule has 0 radical (unpaired) electrons. The van der Waals surface area contributed by atoms with Gasteiger partial charge in [-0.15, -0.1) is 0 Å². The Labute approximate surface area is 364 Å². The summed E-state index contributed by atoms with van der Waals surface area (Å²) in [6, 6.07) is 8.12. The Morgan fingerprint density at radius 2 is 1.50 bits per heavy atom. The largest absolute Gasteiger partial charge is 0.481 e. The molecule has 7 aliphatic rings. The number of hydrogen-bond acceptors (Lipinski definition) is 6. The van der Waals surface area contributed by atoms with Crippen LogP contribution in [0.15, 0.2) is 35.4 Å². The molecule has 0 bridgehead atoms. The normalized spacial score (nSPS) is 39.7. The van der Waals surface area contributed by atoms with Crippen LogP contribution in [0.1, 0.15) is 159 Å². The van der Waals surface area contributed by atoms with Gasteiger partial charge >= 0.3 is 11.9 Å². The molecule has 3 N–H and O–H groups in total. The molecular weight excluding hydrogens is 772 g/mol. The highest BCUT2D eigenvalue weighted by Gasteiger charge is 2.71. The van der Waals surface area contributed by atoms with E-state index in [0.717, 1.165) is 74.8 Å². The third-order valence-electron chi connectivity index (χ3n) is 19.6. The number of amides is 1. The van der Waals surface area contributed by atoms with Crippen LogP contribution in [0.3, 0.4) is 0 Å². The summed E-state index contributed by atoms with van der Waals surface area (Å²) in [6.45, 7) is 25.0. The molecule has 0 unspecified atom stereocenters. The van der Waals surface area contributed by atoms with Crippen LogP contribution < -0.4 is 10.6 Å². The van der Waals surface area contributed by atoms with Gasteiger partial charge in [-0.2, -0.15) is 0 Å². The zero-order chi connectivity index (χ0) is 43.8. The molecule has 8 rings (SSSR count). The van der Waals surface area contributed by atoms with Crippen molar-refractivity contribution in [1.82, 2.24) is 10.6 Å². The number of carboxylic acids is 1. The lowest BCUT2D eigenvalue weighted by Crippen LogP contribution is -2.68. The van der Waals surface area contributed by atoms with Crippen LogP contribution in [-0.4, -0.2) is 52.5 Å². The van der Waals surface area contributed by atoms with E-state index in [2.05, 4.69) is 71.2 Å². The highest BCUT2D eigenvalue weighted by atomic mass is 35.5. The van der Waals surface area contributed by atoms with Crippen LogP contribution in [0.2, 0.25) is 5.02 Å². The molecule has 0 spiro atoms. The minimum absolute atomic E-state index is 0.00957. The minimum Gasteiger partial charge on any atom is -0.481 e. The molecule has 8 nitrogen and oxygen atoms in total. The van der Waals surface area contributed by atoms with E-state index in [1.54, 1.807) is 0 Å². The monoisotopic (exact) mass is 845 g/mol. The molecule has 1 amide bonds. The quantitative estimate of drug-likeness (QED) is 0.201. The highest BCUT2D eigenvalue weighted by Crippen LogP contribution is 2.76. The maximum atomic E-state index is 14.6. The zero-order valence-corrected chi connectivity index (χ0v) is 39.2. The maximum Gasteiger partial charge on any atom is 0.309 e. The molecule has 6 fully saturated rings. The Balaban J connectivity index is 1.02. The van der Waals surface area contributed by atoms with E-state index in [-0.39, 0.29) is 68.6 Å². The van der Waals surface area contributed by atoms with Crippen LogP contribution in [0.5, 0.6) is 0 Å². The van der Waals surface area contributed by atoms with Gasteiger partial charge in [0.2, 0.25) is 5.91 Å². The molecule has 1 aromatic carbocycles. The number of fused-ring (bicyclic) bond motifs is 7. The molecule has 0 aromatic heterocycles. The fourth-order valence-corrected chi connectivity index (χ4v) is 15.4. The lowest BCUT2D eigenvalue weighted by Gasteiger charge is -2.72. The number of nitrogens with one attached hydrogen (secondary N) is 2. The predicted octanol–water partition coefficient (Wildman–Crippen LogP) is 10.2. The first kappa shape index (κ1) is 43.9. The number of Topliss-reactive ketones (excluding diaryl/α,β-unsaturated/α-hetero) is 1. The first-order chi connectivity index (χ1) is 27.8. The lowest BCUT2D eigenvalue weighted by atomic mass is 9.33. The van der Waals surface area contributed by atoms with Crippen molar-refractivity contribution in [2.24, 2.45) is 62.6 Å². The highest BCUT2D eigenvalue weighted by molar-refractivity contribution is 6.30. The number of carboxylic acid groups (broad SMARTS) is 1. The smallest absolute Gasteiger partial charge is 0.309 e. The zero-order valence-electron chi connectivity index (χ0n) is 38.4. The van der Waals surface area contributed by atoms with Gasteiger partial charge in [-0.05, 0) is 159 Å². The lowest BCUT2D eigenvalue weighted by molar-refractivity contribution is -0.235. The van der Waals surface area contributed by atoms with Crippen molar-refractivity contribution in [2.45, 2.75) is 176 Å². The van der Waals surface area contributed by atoms with Gasteiger partial charge < -0.3 is 20.5 Å². The molecule has 9 heteroatoms. The number of halogens is 1. The fraction of sp³-hybridized carbons (Fsp3) is 0.765. The van der Waals surface area contributed by atoms with Gasteiger partial charge in [0, 0.05) is 28.8 Å². The number of rotatable bonds is 10. The second-order valence-corrected chi connectivity index (χ2v) is 24.2. The van der Waals surface area contributed by atoms with Crippen LogP contribution >= 0.6 is 11.6 Å². The molecule has 1 aromatic rings. The van der Waals surface area contributed by atoms with Gasteiger partial charge in [0.1, 0.15) is 6.10 Å². The standard InChI is InChI=1S/C51H73ClN2O6/c1-29(2)39-35(55)27-51(54-43(59)46(7,8)53-28-50(23-24-50)30-12-14-31(52)15-13-30)25-22-48(10)32(40(39)51)16-17-37-47(9)20-19-38(45(5,6)36(47)18-21-49(37,48)11)60-42(58)34-26-33(41(56)57)44(34,3)4/h12-15,29,32-34,36-38,53H,16-28H2,1-11H3,(H,54,59)(H,56,57)/t32-,33+,34-,36+,37-,38+,47+,48-,49-,51-/m1/s1. The van der Waals surface area contributed by atoms with Crippen LogP contribution in [0.25, 0.3) is 0 Å². The van der Waals surface area contributed by atoms with Crippen molar-refractivity contribution in [3.8, 4) is 0 Å². The Hall–Kier alpha value is -2.71. The first-order valence-electron chi connectivity index (χ1n) is 23.3. The van der Waals surface area contributed by atoms with Crippen LogP contribution in [0.4, 0.5) is 0 Å². The maximum absolute atomic E-state index is 14.6. The Morgan fingerprint density at radius 1 is 0.833 bits per heavy atom. The average Bonchev–Trinajstić information content (AvgIpc) is 3.88. The molecule has 0 saturated heterocycles. The van der Waals surface area contributed by atoms with Crippen molar-refractivity contribution in [2.75, 3.05) is 6.54 Å². The van der Waals surface area contributed by atoms with E-state index >= 15 is 0 Å². The number of ketones is 1. The van der Waals surface area contributed by atoms with E-state index in [0.29, 0.717) is 31.2 Å². The molecule has 330 valence electrons. The number of ether oxygens (including phenoxy) is 1. The number of hydrogen-bond donors (Lipinski definition) is 3. The molecular formula is C51H73ClN2O6. The van der Waals surface area contributed by atoms with E-state index < -0.39 is 28.4 Å². The van der Waals surface area contributed by atoms with Crippen molar-refractivity contribution >= 4 is 35.2 Å². The van der Waals surface area contributed by atoms with Crippen molar-refractivity contribution in [3.05, 3.63) is 46.0 Å². The van der Waals surface area contributed by atoms with Crippen molar-refractivity contribution in [3.63, 3.8) is 0 Å². The topological polar surface area (TPSA) is 122 Å². The number of carbonyl (C=O) groups is 4. The SMILES string of the molecule is CC(C)C1=C2[C@H]3CC[C@@H]4[C@@]5(C)CC[C@H](OC(=O)[C@H]6C[C@@H](C(=O)O)C6(C)C)C(C)(C)[C@@H]5CC[C@@]4(C)[C@]3(C)CC[C@@]2(NC(=O)C(C)(C)NCC2(c3ccc(Cl)cc3)CC2)CC1=O. The van der Waals surface area contributed by atoms with Gasteiger partial charge in [0.05, 0.1) is 22.9 Å². The van der Waals surface area contributed by atoms with Gasteiger partial charge in [0.15, 0.2) is 5.78 Å². The number of aliphatic carboxylic acids is 1. The summed E-state index contributed by atoms with van der Waals surface area (Å²) in [4.78, 5) is 54.4. The summed E-state index contributed by atoms with van der Waals surface area (Å²) in [7, 11) is 0. The molecule has 7 aliphatic carbocycles.